The van der Waals surface area contributed by atoms with Gasteiger partial charge in [0.15, 0.2) is 0 Å². The molecular formula is C17H31NO. The van der Waals surface area contributed by atoms with Gasteiger partial charge in [0.1, 0.15) is 0 Å². The van der Waals surface area contributed by atoms with Crippen LogP contribution in [0.4, 0.5) is 0 Å². The summed E-state index contributed by atoms with van der Waals surface area (Å²) < 4.78 is 6.47. The average molecular weight is 265 g/mol. The van der Waals surface area contributed by atoms with Crippen molar-refractivity contribution in [2.24, 2.45) is 17.8 Å². The summed E-state index contributed by atoms with van der Waals surface area (Å²) in [5.74, 6) is 2.69. The molecule has 0 aromatic heterocycles. The molecule has 0 aromatic rings. The van der Waals surface area contributed by atoms with Crippen LogP contribution in [0.15, 0.2) is 0 Å². The highest BCUT2D eigenvalue weighted by Crippen LogP contribution is 2.35. The van der Waals surface area contributed by atoms with Crippen molar-refractivity contribution in [3.63, 3.8) is 0 Å². The van der Waals surface area contributed by atoms with E-state index in [1.807, 2.05) is 0 Å². The van der Waals surface area contributed by atoms with Crippen LogP contribution in [0.2, 0.25) is 0 Å². The Labute approximate surface area is 118 Å². The maximum atomic E-state index is 6.47. The molecule has 3 aliphatic rings. The summed E-state index contributed by atoms with van der Waals surface area (Å²) >= 11 is 0. The molecule has 0 radical (unpaired) electrons. The van der Waals surface area contributed by atoms with Gasteiger partial charge in [-0.2, -0.15) is 0 Å². The van der Waals surface area contributed by atoms with Gasteiger partial charge in [0.05, 0.1) is 12.2 Å². The van der Waals surface area contributed by atoms with Crippen LogP contribution in [0.5, 0.6) is 0 Å². The Balaban J connectivity index is 1.49. The molecule has 3 fully saturated rings. The van der Waals surface area contributed by atoms with Crippen molar-refractivity contribution in [2.45, 2.75) is 76.9 Å². The highest BCUT2D eigenvalue weighted by atomic mass is 16.5. The molecule has 1 heterocycles. The van der Waals surface area contributed by atoms with E-state index < -0.39 is 0 Å². The minimum Gasteiger partial charge on any atom is -0.372 e. The lowest BCUT2D eigenvalue weighted by molar-refractivity contribution is -0.0829. The van der Waals surface area contributed by atoms with Crippen molar-refractivity contribution in [3.05, 3.63) is 0 Å². The number of hydrogen-bond acceptors (Lipinski definition) is 2. The summed E-state index contributed by atoms with van der Waals surface area (Å²) in [4.78, 5) is 0. The maximum absolute atomic E-state index is 6.47. The summed E-state index contributed by atoms with van der Waals surface area (Å²) in [5, 5.41) is 3.65. The molecule has 0 spiro atoms. The molecule has 4 atom stereocenters. The van der Waals surface area contributed by atoms with Crippen LogP contribution in [0.1, 0.15) is 64.7 Å². The molecule has 1 N–H and O–H groups in total. The van der Waals surface area contributed by atoms with Crippen molar-refractivity contribution < 1.29 is 4.74 Å². The van der Waals surface area contributed by atoms with Crippen molar-refractivity contribution >= 4 is 0 Å². The monoisotopic (exact) mass is 265 g/mol. The molecule has 2 nitrogen and oxygen atoms in total. The van der Waals surface area contributed by atoms with Crippen LogP contribution in [0.3, 0.4) is 0 Å². The molecule has 1 saturated heterocycles. The van der Waals surface area contributed by atoms with E-state index in [1.54, 1.807) is 0 Å². The fraction of sp³-hybridized carbons (Fsp3) is 1.00. The van der Waals surface area contributed by atoms with Crippen LogP contribution in [0.25, 0.3) is 0 Å². The highest BCUT2D eigenvalue weighted by molar-refractivity contribution is 4.84. The normalized spacial score (nSPS) is 41.5. The molecule has 0 bridgehead atoms. The van der Waals surface area contributed by atoms with E-state index in [0.717, 1.165) is 30.8 Å². The van der Waals surface area contributed by atoms with Crippen LogP contribution in [0, 0.1) is 17.8 Å². The quantitative estimate of drug-likeness (QED) is 0.839. The van der Waals surface area contributed by atoms with E-state index in [9.17, 15) is 0 Å². The van der Waals surface area contributed by atoms with Crippen LogP contribution >= 0.6 is 0 Å². The Bertz CT molecular complexity index is 274. The van der Waals surface area contributed by atoms with E-state index in [0.29, 0.717) is 12.2 Å². The molecule has 2 saturated carbocycles. The lowest BCUT2D eigenvalue weighted by atomic mass is 9.79. The van der Waals surface area contributed by atoms with Gasteiger partial charge in [0.2, 0.25) is 0 Å². The first-order valence-electron chi connectivity index (χ1n) is 8.67. The first-order valence-corrected chi connectivity index (χ1v) is 8.67. The number of nitrogens with one attached hydrogen (secondary N) is 1. The van der Waals surface area contributed by atoms with E-state index in [1.165, 1.54) is 57.8 Å². The van der Waals surface area contributed by atoms with Gasteiger partial charge in [-0.25, -0.2) is 0 Å². The highest BCUT2D eigenvalue weighted by Gasteiger charge is 2.32. The minimum atomic E-state index is 0.499. The lowest BCUT2D eigenvalue weighted by Gasteiger charge is -2.39. The van der Waals surface area contributed by atoms with Crippen molar-refractivity contribution in [2.75, 3.05) is 13.1 Å². The maximum Gasteiger partial charge on any atom is 0.0732 e. The molecule has 4 unspecified atom stereocenters. The molecule has 110 valence electrons. The number of rotatable bonds is 3. The second kappa shape index (κ2) is 6.58. The summed E-state index contributed by atoms with van der Waals surface area (Å²) in [7, 11) is 0. The predicted octanol–water partition coefficient (Wildman–Crippen LogP) is 3.75. The Morgan fingerprint density at radius 2 is 1.84 bits per heavy atom. The Kier molecular flexibility index (Phi) is 4.81. The van der Waals surface area contributed by atoms with Gasteiger partial charge in [-0.3, -0.25) is 0 Å². The third-order valence-corrected chi connectivity index (χ3v) is 5.66. The van der Waals surface area contributed by atoms with Crippen molar-refractivity contribution in [1.29, 1.82) is 0 Å². The Hall–Kier alpha value is -0.0800. The molecule has 2 heteroatoms. The Morgan fingerprint density at radius 3 is 2.63 bits per heavy atom. The fourth-order valence-electron chi connectivity index (χ4n) is 4.58. The Morgan fingerprint density at radius 1 is 1.00 bits per heavy atom. The third-order valence-electron chi connectivity index (χ3n) is 5.66. The van der Waals surface area contributed by atoms with Gasteiger partial charge < -0.3 is 10.1 Å². The topological polar surface area (TPSA) is 21.3 Å². The van der Waals surface area contributed by atoms with Crippen molar-refractivity contribution in [3.8, 4) is 0 Å². The van der Waals surface area contributed by atoms with Gasteiger partial charge in [-0.05, 0) is 37.0 Å². The standard InChI is InChI=1S/C17H31NO/c1-13-5-4-8-15(9-13)17-12-18-11-16(19-17)10-14-6-2-3-7-14/h13-18H,2-12H2,1H3. The molecule has 3 rings (SSSR count). The van der Waals surface area contributed by atoms with Gasteiger partial charge in [-0.15, -0.1) is 0 Å². The zero-order valence-corrected chi connectivity index (χ0v) is 12.6. The van der Waals surface area contributed by atoms with E-state index >= 15 is 0 Å². The van der Waals surface area contributed by atoms with Gasteiger partial charge in [0.25, 0.3) is 0 Å². The zero-order valence-electron chi connectivity index (χ0n) is 12.6. The fourth-order valence-corrected chi connectivity index (χ4v) is 4.58. The first kappa shape index (κ1) is 13.9. The van der Waals surface area contributed by atoms with Gasteiger partial charge >= 0.3 is 0 Å². The average Bonchev–Trinajstić information content (AvgIpc) is 2.92. The second-order valence-corrected chi connectivity index (χ2v) is 7.37. The molecule has 1 aliphatic heterocycles. The summed E-state index contributed by atoms with van der Waals surface area (Å²) in [6.07, 6.45) is 13.8. The van der Waals surface area contributed by atoms with Crippen molar-refractivity contribution in [1.82, 2.24) is 5.32 Å². The lowest BCUT2D eigenvalue weighted by Crippen LogP contribution is -2.49. The van der Waals surface area contributed by atoms with Crippen LogP contribution in [-0.2, 0) is 4.74 Å². The SMILES string of the molecule is CC1CCCC(C2CNCC(CC3CCCC3)O2)C1. The summed E-state index contributed by atoms with van der Waals surface area (Å²) in [6, 6.07) is 0. The molecule has 2 aliphatic carbocycles. The van der Waals surface area contributed by atoms with E-state index in [-0.39, 0.29) is 0 Å². The molecule has 0 amide bonds. The predicted molar refractivity (Wildman–Crippen MR) is 79.2 cm³/mol. The third kappa shape index (κ3) is 3.72. The van der Waals surface area contributed by atoms with Crippen LogP contribution < -0.4 is 5.32 Å². The second-order valence-electron chi connectivity index (χ2n) is 7.37. The first-order chi connectivity index (χ1) is 9.31. The van der Waals surface area contributed by atoms with Gasteiger partial charge in [0, 0.05) is 13.1 Å². The summed E-state index contributed by atoms with van der Waals surface area (Å²) in [5.41, 5.74) is 0. The largest absolute Gasteiger partial charge is 0.372 e. The molecule has 19 heavy (non-hydrogen) atoms. The smallest absolute Gasteiger partial charge is 0.0732 e. The molecular weight excluding hydrogens is 234 g/mol. The zero-order chi connectivity index (χ0) is 13.1. The van der Waals surface area contributed by atoms with Gasteiger partial charge in [-0.1, -0.05) is 45.4 Å². The van der Waals surface area contributed by atoms with E-state index in [4.69, 9.17) is 4.74 Å². The molecule has 0 aromatic carbocycles. The minimum absolute atomic E-state index is 0.499. The number of ether oxygens (including phenoxy) is 1. The summed E-state index contributed by atoms with van der Waals surface area (Å²) in [6.45, 7) is 4.60. The number of morpholine rings is 1. The number of hydrogen-bond donors (Lipinski definition) is 1. The van der Waals surface area contributed by atoms with Crippen LogP contribution in [-0.4, -0.2) is 25.3 Å². The van der Waals surface area contributed by atoms with E-state index in [2.05, 4.69) is 12.2 Å².